The monoisotopic (exact) mass is 568 g/mol. The van der Waals surface area contributed by atoms with E-state index in [1.54, 1.807) is 30.3 Å². The Balaban J connectivity index is 1.40. The van der Waals surface area contributed by atoms with Gasteiger partial charge < -0.3 is 23.8 Å². The summed E-state index contributed by atoms with van der Waals surface area (Å²) < 4.78 is 33.3. The Morgan fingerprint density at radius 3 is 2.64 bits per heavy atom. The first-order valence-electron chi connectivity index (χ1n) is 14.3. The van der Waals surface area contributed by atoms with Gasteiger partial charge in [-0.2, -0.15) is 0 Å². The van der Waals surface area contributed by atoms with Crippen LogP contribution in [0, 0.1) is 25.1 Å². The number of piperidine rings is 1. The maximum Gasteiger partial charge on any atom is 0.583 e. The molecule has 0 bridgehead atoms. The molecule has 0 saturated carbocycles. The summed E-state index contributed by atoms with van der Waals surface area (Å²) in [6.45, 7) is 11.8. The predicted molar refractivity (Wildman–Crippen MR) is 164 cm³/mol. The number of rotatable bonds is 5. The summed E-state index contributed by atoms with van der Waals surface area (Å²) in [6.07, 6.45) is 2.94. The molecule has 2 aliphatic heterocycles. The summed E-state index contributed by atoms with van der Waals surface area (Å²) in [7, 11) is -1.18. The second-order valence-electron chi connectivity index (χ2n) is 12.2. The smallest absolute Gasteiger partial charge is 0.485 e. The van der Waals surface area contributed by atoms with E-state index in [1.165, 1.54) is 12.3 Å². The normalized spacial score (nSPS) is 16.7. The third kappa shape index (κ3) is 5.06. The number of hydrogen-bond donors (Lipinski definition) is 1. The lowest BCUT2D eigenvalue weighted by Gasteiger charge is -2.37. The van der Waals surface area contributed by atoms with Crippen LogP contribution in [0.2, 0.25) is 0 Å². The van der Waals surface area contributed by atoms with E-state index in [9.17, 15) is 9.82 Å². The second-order valence-corrected chi connectivity index (χ2v) is 12.2. The van der Waals surface area contributed by atoms with E-state index in [4.69, 9.17) is 13.9 Å². The van der Waals surface area contributed by atoms with E-state index < -0.39 is 19.0 Å². The zero-order valence-corrected chi connectivity index (χ0v) is 24.5. The molecule has 1 atom stereocenters. The van der Waals surface area contributed by atoms with Crippen molar-refractivity contribution in [3.8, 4) is 16.9 Å². The van der Waals surface area contributed by atoms with Gasteiger partial charge in [-0.15, -0.1) is 5.16 Å². The molecule has 0 amide bonds. The number of benzene rings is 3. The van der Waals surface area contributed by atoms with Crippen LogP contribution in [0.15, 0.2) is 62.9 Å². The summed E-state index contributed by atoms with van der Waals surface area (Å²) in [6, 6.07) is 13.7. The lowest BCUT2D eigenvalue weighted by Crippen LogP contribution is -2.38. The van der Waals surface area contributed by atoms with Crippen LogP contribution in [0.4, 0.5) is 10.3 Å². The standard InChI is InChI=1S/C33H34BFN2O5/c1-19-15-24(31-25(16-19)30(38)20(2)32(41-31)37-13-11-33(4,5)12-14-37)21(3)40-28-8-6-7-27(35)29(28)22-9-10-26-23(17-22)18-36-42-34(26)39/h6-10,15-18,21,39H,11-14H2,1-5H3/t21-/m1/s1. The third-order valence-electron chi connectivity index (χ3n) is 8.48. The Hall–Kier alpha value is -4.11. The zero-order valence-electron chi connectivity index (χ0n) is 24.5. The lowest BCUT2D eigenvalue weighted by atomic mass is 9.75. The largest absolute Gasteiger partial charge is 0.583 e. The molecule has 0 radical (unpaired) electrons. The molecule has 3 aromatic carbocycles. The molecule has 3 heterocycles. The quantitative estimate of drug-likeness (QED) is 0.296. The molecule has 1 N–H and O–H groups in total. The van der Waals surface area contributed by atoms with Crippen molar-refractivity contribution in [2.75, 3.05) is 18.0 Å². The van der Waals surface area contributed by atoms with E-state index in [2.05, 4.69) is 23.9 Å². The maximum atomic E-state index is 15.4. The van der Waals surface area contributed by atoms with Gasteiger partial charge in [0, 0.05) is 24.1 Å². The summed E-state index contributed by atoms with van der Waals surface area (Å²) in [5.74, 6) is 0.499. The molecule has 2 aliphatic rings. The summed E-state index contributed by atoms with van der Waals surface area (Å²) >= 11 is 0. The number of fused-ring (bicyclic) bond motifs is 2. The van der Waals surface area contributed by atoms with E-state index in [0.717, 1.165) is 31.5 Å². The van der Waals surface area contributed by atoms with Crippen LogP contribution in [0.25, 0.3) is 22.1 Å². The first kappa shape index (κ1) is 28.0. The summed E-state index contributed by atoms with van der Waals surface area (Å²) in [4.78, 5) is 15.8. The molecule has 42 heavy (non-hydrogen) atoms. The van der Waals surface area contributed by atoms with Crippen LogP contribution in [0.1, 0.15) is 62.0 Å². The second kappa shape index (κ2) is 10.6. The van der Waals surface area contributed by atoms with Gasteiger partial charge in [0.25, 0.3) is 0 Å². The highest BCUT2D eigenvalue weighted by atomic mass is 19.1. The topological polar surface area (TPSA) is 84.5 Å². The minimum atomic E-state index is -1.18. The van der Waals surface area contributed by atoms with Gasteiger partial charge in [0.1, 0.15) is 23.3 Å². The lowest BCUT2D eigenvalue weighted by molar-refractivity contribution is 0.227. The minimum absolute atomic E-state index is 0.0541. The average Bonchev–Trinajstić information content (AvgIpc) is 2.95. The van der Waals surface area contributed by atoms with Gasteiger partial charge in [0.15, 0.2) is 5.43 Å². The molecule has 6 rings (SSSR count). The molecule has 1 saturated heterocycles. The highest BCUT2D eigenvalue weighted by Crippen LogP contribution is 2.39. The van der Waals surface area contributed by atoms with E-state index >= 15 is 4.39 Å². The van der Waals surface area contributed by atoms with Gasteiger partial charge >= 0.3 is 7.12 Å². The Morgan fingerprint density at radius 2 is 1.88 bits per heavy atom. The molecular formula is C33H34BFN2O5. The van der Waals surface area contributed by atoms with Crippen LogP contribution < -0.4 is 20.5 Å². The fraction of sp³-hybridized carbons (Fsp3) is 0.333. The van der Waals surface area contributed by atoms with Crippen LogP contribution in [-0.2, 0) is 4.76 Å². The first-order chi connectivity index (χ1) is 20.0. The number of ether oxygens (including phenoxy) is 1. The van der Waals surface area contributed by atoms with Crippen molar-refractivity contribution < 1.29 is 23.3 Å². The van der Waals surface area contributed by atoms with E-state index in [0.29, 0.717) is 50.3 Å². The van der Waals surface area contributed by atoms with Crippen molar-refractivity contribution in [1.82, 2.24) is 0 Å². The Kier molecular flexibility index (Phi) is 7.09. The molecule has 1 fully saturated rings. The number of aryl methyl sites for hydroxylation is 1. The van der Waals surface area contributed by atoms with Crippen molar-refractivity contribution in [2.24, 2.45) is 10.6 Å². The number of hydrogen-bond acceptors (Lipinski definition) is 7. The molecular weight excluding hydrogens is 534 g/mol. The van der Waals surface area contributed by atoms with E-state index in [1.807, 2.05) is 32.9 Å². The van der Waals surface area contributed by atoms with Gasteiger partial charge in [0.05, 0.1) is 22.7 Å². The molecule has 0 unspecified atom stereocenters. The molecule has 9 heteroatoms. The van der Waals surface area contributed by atoms with Crippen molar-refractivity contribution in [2.45, 2.75) is 53.6 Å². The Labute approximate surface area is 244 Å². The molecule has 7 nitrogen and oxygen atoms in total. The molecule has 4 aromatic rings. The zero-order chi connectivity index (χ0) is 29.8. The molecule has 216 valence electrons. The van der Waals surface area contributed by atoms with Crippen LogP contribution in [0.3, 0.4) is 0 Å². The molecule has 1 aromatic heterocycles. The Bertz CT molecular complexity index is 1770. The maximum absolute atomic E-state index is 15.4. The van der Waals surface area contributed by atoms with Gasteiger partial charge in [-0.25, -0.2) is 4.39 Å². The molecule has 0 aliphatic carbocycles. The SMILES string of the molecule is Cc1cc([C@@H](C)Oc2cccc(F)c2-c2ccc3c(c2)C=NOB3O)c2oc(N3CCC(C)(C)CC3)c(C)c(=O)c2c1. The summed E-state index contributed by atoms with van der Waals surface area (Å²) in [5, 5.41) is 14.3. The van der Waals surface area contributed by atoms with Crippen LogP contribution in [0.5, 0.6) is 5.75 Å². The van der Waals surface area contributed by atoms with Gasteiger partial charge in [-0.3, -0.25) is 4.79 Å². The van der Waals surface area contributed by atoms with Crippen LogP contribution >= 0.6 is 0 Å². The highest BCUT2D eigenvalue weighted by molar-refractivity contribution is 6.62. The fourth-order valence-electron chi connectivity index (χ4n) is 5.88. The number of halogens is 1. The highest BCUT2D eigenvalue weighted by Gasteiger charge is 2.30. The molecule has 0 spiro atoms. The van der Waals surface area contributed by atoms with E-state index in [-0.39, 0.29) is 16.4 Å². The van der Waals surface area contributed by atoms with Crippen molar-refractivity contribution in [3.05, 3.63) is 86.8 Å². The van der Waals surface area contributed by atoms with Crippen LogP contribution in [-0.4, -0.2) is 31.4 Å². The Morgan fingerprint density at radius 1 is 1.12 bits per heavy atom. The van der Waals surface area contributed by atoms with Gasteiger partial charge in [-0.1, -0.05) is 32.0 Å². The number of nitrogens with zero attached hydrogens (tertiary/aromatic N) is 2. The van der Waals surface area contributed by atoms with Crippen molar-refractivity contribution in [3.63, 3.8) is 0 Å². The summed E-state index contributed by atoms with van der Waals surface area (Å²) in [5.41, 5.74) is 4.94. The third-order valence-corrected chi connectivity index (χ3v) is 8.48. The first-order valence-corrected chi connectivity index (χ1v) is 14.3. The fourth-order valence-corrected chi connectivity index (χ4v) is 5.88. The van der Waals surface area contributed by atoms with Crippen molar-refractivity contribution >= 4 is 35.6 Å². The number of oxime groups is 1. The predicted octanol–water partition coefficient (Wildman–Crippen LogP) is 6.03. The number of anilines is 1. The van der Waals surface area contributed by atoms with Crippen molar-refractivity contribution in [1.29, 1.82) is 0 Å². The van der Waals surface area contributed by atoms with Gasteiger partial charge in [0.2, 0.25) is 5.88 Å². The van der Waals surface area contributed by atoms with Gasteiger partial charge in [-0.05, 0) is 86.1 Å². The average molecular weight is 568 g/mol. The minimum Gasteiger partial charge on any atom is -0.485 e.